The van der Waals surface area contributed by atoms with Crippen LogP contribution in [0.15, 0.2) is 4.79 Å². The second-order valence-corrected chi connectivity index (χ2v) is 4.63. The molecule has 0 atom stereocenters. The van der Waals surface area contributed by atoms with E-state index in [-0.39, 0.29) is 5.69 Å². The SMILES string of the molecule is Cc1nc(=O)[nH]c(C)c1CC1CCNCC1. The molecule has 0 aromatic carbocycles. The van der Waals surface area contributed by atoms with Gasteiger partial charge in [0.05, 0.1) is 0 Å². The van der Waals surface area contributed by atoms with Gasteiger partial charge in [0.15, 0.2) is 0 Å². The summed E-state index contributed by atoms with van der Waals surface area (Å²) in [6, 6.07) is 0. The van der Waals surface area contributed by atoms with Gasteiger partial charge in [-0.3, -0.25) is 0 Å². The molecule has 1 saturated heterocycles. The molecule has 1 aliphatic rings. The van der Waals surface area contributed by atoms with E-state index in [4.69, 9.17) is 0 Å². The fourth-order valence-electron chi connectivity index (χ4n) is 2.43. The standard InChI is InChI=1S/C12H19N3O/c1-8-11(9(2)15-12(16)14-8)7-10-3-5-13-6-4-10/h10,13H,3-7H2,1-2H3,(H,14,15,16). The largest absolute Gasteiger partial charge is 0.345 e. The van der Waals surface area contributed by atoms with Crippen molar-refractivity contribution in [1.82, 2.24) is 15.3 Å². The summed E-state index contributed by atoms with van der Waals surface area (Å²) in [5, 5.41) is 3.37. The lowest BCUT2D eigenvalue weighted by molar-refractivity contribution is 0.371. The summed E-state index contributed by atoms with van der Waals surface area (Å²) < 4.78 is 0. The summed E-state index contributed by atoms with van der Waals surface area (Å²) in [6.07, 6.45) is 3.49. The highest BCUT2D eigenvalue weighted by molar-refractivity contribution is 5.23. The quantitative estimate of drug-likeness (QED) is 0.781. The number of piperidine rings is 1. The maximum absolute atomic E-state index is 11.2. The molecule has 1 aromatic rings. The second-order valence-electron chi connectivity index (χ2n) is 4.63. The van der Waals surface area contributed by atoms with Crippen molar-refractivity contribution < 1.29 is 0 Å². The van der Waals surface area contributed by atoms with Crippen LogP contribution in [0.1, 0.15) is 29.8 Å². The van der Waals surface area contributed by atoms with E-state index in [1.807, 2.05) is 13.8 Å². The van der Waals surface area contributed by atoms with Gasteiger partial charge in [-0.25, -0.2) is 4.79 Å². The normalized spacial score (nSPS) is 17.6. The predicted octanol–water partition coefficient (Wildman–Crippen LogP) is 0.929. The van der Waals surface area contributed by atoms with Crippen LogP contribution in [0.5, 0.6) is 0 Å². The van der Waals surface area contributed by atoms with Gasteiger partial charge in [-0.2, -0.15) is 4.98 Å². The van der Waals surface area contributed by atoms with Gasteiger partial charge in [0.2, 0.25) is 0 Å². The molecule has 88 valence electrons. The van der Waals surface area contributed by atoms with Crippen molar-refractivity contribution in [3.63, 3.8) is 0 Å². The van der Waals surface area contributed by atoms with Gasteiger partial charge >= 0.3 is 5.69 Å². The van der Waals surface area contributed by atoms with Crippen molar-refractivity contribution in [3.05, 3.63) is 27.4 Å². The first-order valence-electron chi connectivity index (χ1n) is 5.94. The van der Waals surface area contributed by atoms with Crippen LogP contribution in [0.2, 0.25) is 0 Å². The Hall–Kier alpha value is -1.16. The molecule has 1 aromatic heterocycles. The van der Waals surface area contributed by atoms with Crippen LogP contribution in [0.25, 0.3) is 0 Å². The molecular weight excluding hydrogens is 202 g/mol. The van der Waals surface area contributed by atoms with Crippen molar-refractivity contribution in [2.45, 2.75) is 33.1 Å². The summed E-state index contributed by atoms with van der Waals surface area (Å²) in [6.45, 7) is 6.12. The summed E-state index contributed by atoms with van der Waals surface area (Å²) in [4.78, 5) is 17.9. The molecule has 0 spiro atoms. The Morgan fingerprint density at radius 1 is 1.31 bits per heavy atom. The van der Waals surface area contributed by atoms with Gasteiger partial charge in [-0.15, -0.1) is 0 Å². The fraction of sp³-hybridized carbons (Fsp3) is 0.667. The first-order valence-corrected chi connectivity index (χ1v) is 5.94. The van der Waals surface area contributed by atoms with Crippen molar-refractivity contribution in [2.75, 3.05) is 13.1 Å². The van der Waals surface area contributed by atoms with E-state index < -0.39 is 0 Å². The maximum Gasteiger partial charge on any atom is 0.345 e. The van der Waals surface area contributed by atoms with Crippen LogP contribution in [0.3, 0.4) is 0 Å². The van der Waals surface area contributed by atoms with Crippen LogP contribution >= 0.6 is 0 Å². The Kier molecular flexibility index (Phi) is 3.39. The zero-order valence-electron chi connectivity index (χ0n) is 9.97. The monoisotopic (exact) mass is 221 g/mol. The van der Waals surface area contributed by atoms with Gasteiger partial charge < -0.3 is 10.3 Å². The third-order valence-corrected chi connectivity index (χ3v) is 3.40. The molecule has 1 fully saturated rings. The van der Waals surface area contributed by atoms with Gasteiger partial charge in [-0.1, -0.05) is 0 Å². The number of aromatic nitrogens is 2. The average molecular weight is 221 g/mol. The summed E-state index contributed by atoms with van der Waals surface area (Å²) in [5.74, 6) is 0.728. The van der Waals surface area contributed by atoms with Crippen LogP contribution in [0.4, 0.5) is 0 Å². The highest BCUT2D eigenvalue weighted by Gasteiger charge is 2.16. The number of aryl methyl sites for hydroxylation is 2. The first kappa shape index (κ1) is 11.3. The third-order valence-electron chi connectivity index (χ3n) is 3.40. The van der Waals surface area contributed by atoms with Crippen LogP contribution in [0, 0.1) is 19.8 Å². The first-order chi connectivity index (χ1) is 7.66. The molecule has 1 aliphatic heterocycles. The Morgan fingerprint density at radius 3 is 2.62 bits per heavy atom. The Balaban J connectivity index is 2.17. The van der Waals surface area contributed by atoms with Gasteiger partial charge in [0.25, 0.3) is 0 Å². The highest BCUT2D eigenvalue weighted by atomic mass is 16.1. The minimum atomic E-state index is -0.232. The third kappa shape index (κ3) is 2.50. The number of rotatable bonds is 2. The van der Waals surface area contributed by atoms with E-state index in [0.29, 0.717) is 0 Å². The lowest BCUT2D eigenvalue weighted by atomic mass is 9.90. The molecule has 2 rings (SSSR count). The van der Waals surface area contributed by atoms with Crippen LogP contribution < -0.4 is 11.0 Å². The number of hydrogen-bond donors (Lipinski definition) is 2. The molecule has 0 amide bonds. The number of aromatic amines is 1. The lowest BCUT2D eigenvalue weighted by Crippen LogP contribution is -2.29. The van der Waals surface area contributed by atoms with E-state index in [1.165, 1.54) is 18.4 Å². The average Bonchev–Trinajstić information content (AvgIpc) is 2.25. The Bertz CT molecular complexity index is 393. The van der Waals surface area contributed by atoms with Crippen LogP contribution in [-0.2, 0) is 6.42 Å². The molecule has 0 aliphatic carbocycles. The zero-order valence-corrected chi connectivity index (χ0v) is 9.97. The van der Waals surface area contributed by atoms with E-state index in [0.717, 1.165) is 36.8 Å². The maximum atomic E-state index is 11.2. The summed E-state index contributed by atoms with van der Waals surface area (Å²) in [5.41, 5.74) is 2.87. The van der Waals surface area contributed by atoms with Crippen LogP contribution in [-0.4, -0.2) is 23.1 Å². The molecule has 2 heterocycles. The zero-order chi connectivity index (χ0) is 11.5. The minimum absolute atomic E-state index is 0.232. The predicted molar refractivity (Wildman–Crippen MR) is 63.6 cm³/mol. The molecular formula is C12H19N3O. The second kappa shape index (κ2) is 4.78. The van der Waals surface area contributed by atoms with Gasteiger partial charge in [-0.05, 0) is 57.7 Å². The highest BCUT2D eigenvalue weighted by Crippen LogP contribution is 2.20. The van der Waals surface area contributed by atoms with E-state index in [1.54, 1.807) is 0 Å². The van der Waals surface area contributed by atoms with Gasteiger partial charge in [0.1, 0.15) is 0 Å². The molecule has 0 radical (unpaired) electrons. The Morgan fingerprint density at radius 2 is 2.00 bits per heavy atom. The molecule has 4 nitrogen and oxygen atoms in total. The molecule has 0 unspecified atom stereocenters. The Labute approximate surface area is 95.5 Å². The van der Waals surface area contributed by atoms with Crippen molar-refractivity contribution >= 4 is 0 Å². The van der Waals surface area contributed by atoms with E-state index in [2.05, 4.69) is 15.3 Å². The van der Waals surface area contributed by atoms with Crippen molar-refractivity contribution in [2.24, 2.45) is 5.92 Å². The molecule has 4 heteroatoms. The van der Waals surface area contributed by atoms with E-state index in [9.17, 15) is 4.79 Å². The molecule has 0 saturated carbocycles. The molecule has 16 heavy (non-hydrogen) atoms. The number of nitrogens with zero attached hydrogens (tertiary/aromatic N) is 1. The lowest BCUT2D eigenvalue weighted by Gasteiger charge is -2.23. The summed E-state index contributed by atoms with van der Waals surface area (Å²) >= 11 is 0. The van der Waals surface area contributed by atoms with Crippen molar-refractivity contribution in [1.29, 1.82) is 0 Å². The minimum Gasteiger partial charge on any atom is -0.317 e. The fourth-order valence-corrected chi connectivity index (χ4v) is 2.43. The van der Waals surface area contributed by atoms with Gasteiger partial charge in [0, 0.05) is 11.4 Å². The number of H-pyrrole nitrogens is 1. The number of hydrogen-bond acceptors (Lipinski definition) is 3. The number of nitrogens with one attached hydrogen (secondary N) is 2. The molecule has 2 N–H and O–H groups in total. The topological polar surface area (TPSA) is 57.8 Å². The van der Waals surface area contributed by atoms with E-state index >= 15 is 0 Å². The summed E-state index contributed by atoms with van der Waals surface area (Å²) in [7, 11) is 0. The molecule has 0 bridgehead atoms. The smallest absolute Gasteiger partial charge is 0.317 e. The van der Waals surface area contributed by atoms with Crippen molar-refractivity contribution in [3.8, 4) is 0 Å².